The SMILES string of the molecule is CSN(SC)c1ccc(Br)nc1Cl. The summed E-state index contributed by atoms with van der Waals surface area (Å²) in [5.41, 5.74) is 0.921. The summed E-state index contributed by atoms with van der Waals surface area (Å²) in [6.07, 6.45) is 3.99. The van der Waals surface area contributed by atoms with Gasteiger partial charge in [-0.25, -0.2) is 4.98 Å². The molecule has 1 aromatic heterocycles. The Morgan fingerprint density at radius 3 is 2.46 bits per heavy atom. The van der Waals surface area contributed by atoms with E-state index in [0.29, 0.717) is 5.15 Å². The van der Waals surface area contributed by atoms with E-state index in [-0.39, 0.29) is 0 Å². The smallest absolute Gasteiger partial charge is 0.155 e. The van der Waals surface area contributed by atoms with E-state index >= 15 is 0 Å². The largest absolute Gasteiger partial charge is 0.256 e. The van der Waals surface area contributed by atoms with Gasteiger partial charge in [0.25, 0.3) is 0 Å². The van der Waals surface area contributed by atoms with E-state index in [9.17, 15) is 0 Å². The van der Waals surface area contributed by atoms with Crippen LogP contribution in [0.3, 0.4) is 0 Å². The number of anilines is 1. The number of halogens is 2. The van der Waals surface area contributed by atoms with Crippen LogP contribution >= 0.6 is 51.4 Å². The first-order chi connectivity index (χ1) is 6.19. The lowest BCUT2D eigenvalue weighted by Crippen LogP contribution is -2.02. The summed E-state index contributed by atoms with van der Waals surface area (Å²) < 4.78 is 2.75. The highest BCUT2D eigenvalue weighted by molar-refractivity contribution is 9.10. The van der Waals surface area contributed by atoms with Crippen molar-refractivity contribution in [3.05, 3.63) is 21.9 Å². The van der Waals surface area contributed by atoms with Crippen molar-refractivity contribution < 1.29 is 0 Å². The molecule has 0 aromatic carbocycles. The molecular weight excluding hydrogens is 292 g/mol. The second kappa shape index (κ2) is 5.34. The van der Waals surface area contributed by atoms with Crippen molar-refractivity contribution in [2.24, 2.45) is 0 Å². The Balaban J connectivity index is 2.99. The molecule has 72 valence electrons. The molecule has 0 saturated carbocycles. The van der Waals surface area contributed by atoms with Gasteiger partial charge in [-0.15, -0.1) is 0 Å². The molecule has 2 nitrogen and oxygen atoms in total. The molecule has 0 spiro atoms. The Bertz CT molecular complexity index is 294. The summed E-state index contributed by atoms with van der Waals surface area (Å²) in [5.74, 6) is 0. The molecule has 0 fully saturated rings. The third-order valence-corrected chi connectivity index (χ3v) is 3.99. The van der Waals surface area contributed by atoms with Crippen molar-refractivity contribution >= 4 is 57.1 Å². The third kappa shape index (κ3) is 2.94. The van der Waals surface area contributed by atoms with Crippen LogP contribution in [-0.4, -0.2) is 17.5 Å². The summed E-state index contributed by atoms with van der Waals surface area (Å²) in [6, 6.07) is 3.81. The van der Waals surface area contributed by atoms with Crippen LogP contribution in [0.2, 0.25) is 5.15 Å². The summed E-state index contributed by atoms with van der Waals surface area (Å²) in [7, 11) is 0. The first-order valence-electron chi connectivity index (χ1n) is 3.39. The maximum atomic E-state index is 5.97. The zero-order valence-corrected chi connectivity index (χ0v) is 11.1. The highest BCUT2D eigenvalue weighted by Crippen LogP contribution is 2.33. The lowest BCUT2D eigenvalue weighted by Gasteiger charge is -2.18. The zero-order valence-electron chi connectivity index (χ0n) is 7.12. The van der Waals surface area contributed by atoms with Crippen LogP contribution in [0.5, 0.6) is 0 Å². The van der Waals surface area contributed by atoms with E-state index in [0.717, 1.165) is 10.3 Å². The van der Waals surface area contributed by atoms with Crippen molar-refractivity contribution in [1.29, 1.82) is 0 Å². The van der Waals surface area contributed by atoms with Crippen molar-refractivity contribution in [2.75, 3.05) is 16.2 Å². The fraction of sp³-hybridized carbons (Fsp3) is 0.286. The molecule has 0 bridgehead atoms. The van der Waals surface area contributed by atoms with Gasteiger partial charge in [-0.05, 0) is 52.0 Å². The van der Waals surface area contributed by atoms with Gasteiger partial charge in [0.05, 0.1) is 5.69 Å². The Morgan fingerprint density at radius 2 is 2.00 bits per heavy atom. The molecule has 0 N–H and O–H groups in total. The lowest BCUT2D eigenvalue weighted by molar-refractivity contribution is 1.27. The Hall–Kier alpha value is 0.420. The number of hydrogen-bond acceptors (Lipinski definition) is 4. The van der Waals surface area contributed by atoms with Crippen molar-refractivity contribution in [1.82, 2.24) is 4.98 Å². The summed E-state index contributed by atoms with van der Waals surface area (Å²) in [5, 5.41) is 0.512. The minimum Gasteiger partial charge on any atom is -0.256 e. The van der Waals surface area contributed by atoms with Gasteiger partial charge in [0.2, 0.25) is 0 Å². The van der Waals surface area contributed by atoms with Crippen molar-refractivity contribution in [3.63, 3.8) is 0 Å². The molecule has 13 heavy (non-hydrogen) atoms. The average molecular weight is 300 g/mol. The summed E-state index contributed by atoms with van der Waals surface area (Å²) in [4.78, 5) is 4.10. The summed E-state index contributed by atoms with van der Waals surface area (Å²) >= 11 is 12.4. The first kappa shape index (κ1) is 11.5. The minimum atomic E-state index is 0.512. The molecule has 0 unspecified atom stereocenters. The number of hydrogen-bond donors (Lipinski definition) is 0. The summed E-state index contributed by atoms with van der Waals surface area (Å²) in [6.45, 7) is 0. The van der Waals surface area contributed by atoms with E-state index in [1.807, 2.05) is 28.4 Å². The molecule has 1 heterocycles. The predicted octanol–water partition coefficient (Wildman–Crippen LogP) is 3.86. The van der Waals surface area contributed by atoms with Crippen LogP contribution < -0.4 is 3.71 Å². The van der Waals surface area contributed by atoms with Gasteiger partial charge in [-0.3, -0.25) is 3.71 Å². The minimum absolute atomic E-state index is 0.512. The first-order valence-corrected chi connectivity index (χ1v) is 6.93. The van der Waals surface area contributed by atoms with Crippen LogP contribution in [0.1, 0.15) is 0 Å². The van der Waals surface area contributed by atoms with E-state index in [4.69, 9.17) is 11.6 Å². The standard InChI is InChI=1S/C7H8BrClN2S2/c1-12-11(13-2)5-3-4-6(8)10-7(5)9/h3-4H,1-2H3. The number of aromatic nitrogens is 1. The van der Waals surface area contributed by atoms with Gasteiger partial charge >= 0.3 is 0 Å². The molecule has 1 aromatic rings. The molecule has 0 aliphatic rings. The fourth-order valence-electron chi connectivity index (χ4n) is 0.812. The predicted molar refractivity (Wildman–Crippen MR) is 66.5 cm³/mol. The highest BCUT2D eigenvalue weighted by Gasteiger charge is 2.09. The second-order valence-corrected chi connectivity index (χ2v) is 4.93. The van der Waals surface area contributed by atoms with Gasteiger partial charge in [-0.2, -0.15) is 0 Å². The maximum Gasteiger partial charge on any atom is 0.155 e. The topological polar surface area (TPSA) is 16.1 Å². The second-order valence-electron chi connectivity index (χ2n) is 2.07. The van der Waals surface area contributed by atoms with E-state index in [1.54, 1.807) is 23.9 Å². The Morgan fingerprint density at radius 1 is 1.38 bits per heavy atom. The average Bonchev–Trinajstić information content (AvgIpc) is 2.10. The fourth-order valence-corrected chi connectivity index (χ4v) is 2.85. The van der Waals surface area contributed by atoms with E-state index < -0.39 is 0 Å². The van der Waals surface area contributed by atoms with Gasteiger partial charge < -0.3 is 0 Å². The quantitative estimate of drug-likeness (QED) is 0.622. The zero-order chi connectivity index (χ0) is 9.84. The Labute approximate surface area is 99.8 Å². The number of nitrogens with zero attached hydrogens (tertiary/aromatic N) is 2. The Kier molecular flexibility index (Phi) is 4.72. The van der Waals surface area contributed by atoms with Gasteiger partial charge in [0.15, 0.2) is 5.15 Å². The lowest BCUT2D eigenvalue weighted by atomic mass is 10.4. The van der Waals surface area contributed by atoms with Gasteiger partial charge in [0, 0.05) is 12.5 Å². The van der Waals surface area contributed by atoms with Crippen LogP contribution in [0, 0.1) is 0 Å². The monoisotopic (exact) mass is 298 g/mol. The normalized spacial score (nSPS) is 10.2. The molecule has 0 aliphatic carbocycles. The van der Waals surface area contributed by atoms with Gasteiger partial charge in [0.1, 0.15) is 4.60 Å². The molecular formula is C7H8BrClN2S2. The molecule has 6 heteroatoms. The third-order valence-electron chi connectivity index (χ3n) is 1.32. The number of rotatable bonds is 3. The molecule has 0 amide bonds. The number of pyridine rings is 1. The van der Waals surface area contributed by atoms with Crippen LogP contribution in [-0.2, 0) is 0 Å². The van der Waals surface area contributed by atoms with Gasteiger partial charge in [-0.1, -0.05) is 11.6 Å². The molecule has 0 aliphatic heterocycles. The van der Waals surface area contributed by atoms with Crippen molar-refractivity contribution in [2.45, 2.75) is 0 Å². The van der Waals surface area contributed by atoms with Crippen LogP contribution in [0.15, 0.2) is 16.7 Å². The highest BCUT2D eigenvalue weighted by atomic mass is 79.9. The van der Waals surface area contributed by atoms with E-state index in [1.165, 1.54) is 0 Å². The molecule has 0 saturated heterocycles. The van der Waals surface area contributed by atoms with Crippen LogP contribution in [0.4, 0.5) is 5.69 Å². The molecule has 0 radical (unpaired) electrons. The van der Waals surface area contributed by atoms with Crippen molar-refractivity contribution in [3.8, 4) is 0 Å². The van der Waals surface area contributed by atoms with Crippen LogP contribution in [0.25, 0.3) is 0 Å². The van der Waals surface area contributed by atoms with E-state index in [2.05, 4.69) is 20.9 Å². The maximum absolute atomic E-state index is 5.97. The molecule has 0 atom stereocenters. The molecule has 1 rings (SSSR count).